The summed E-state index contributed by atoms with van der Waals surface area (Å²) >= 11 is 0. The Bertz CT molecular complexity index is 140. The quantitative estimate of drug-likeness (QED) is 0.498. The number of carbonyl (C=O) groups excluding carboxylic acids is 1. The summed E-state index contributed by atoms with van der Waals surface area (Å²) in [4.78, 5) is 12.4. The first kappa shape index (κ1) is 12.3. The average Bonchev–Trinajstić information content (AvgIpc) is 2.10. The zero-order valence-electron chi connectivity index (χ0n) is 7.90. The Labute approximate surface area is 77.9 Å². The molecule has 0 spiro atoms. The van der Waals surface area contributed by atoms with Crippen molar-refractivity contribution in [2.75, 3.05) is 39.5 Å². The Morgan fingerprint density at radius 3 is 2.38 bits per heavy atom. The minimum atomic E-state index is -0.0818. The molecule has 0 aromatic carbocycles. The minimum absolute atomic E-state index is 0.0138. The average molecular weight is 191 g/mol. The van der Waals surface area contributed by atoms with Gasteiger partial charge in [0.25, 0.3) is 0 Å². The van der Waals surface area contributed by atoms with Gasteiger partial charge in [-0.05, 0) is 0 Å². The van der Waals surface area contributed by atoms with Crippen LogP contribution in [0.1, 0.15) is 6.92 Å². The normalized spacial score (nSPS) is 10.1. The summed E-state index contributed by atoms with van der Waals surface area (Å²) in [6, 6.07) is 0. The topological polar surface area (TPSA) is 70.0 Å². The Hall–Kier alpha value is -0.650. The van der Waals surface area contributed by atoms with E-state index in [0.29, 0.717) is 19.7 Å². The lowest BCUT2D eigenvalue weighted by atomic mass is 10.4. The van der Waals surface area contributed by atoms with Crippen LogP contribution in [0.4, 0.5) is 0 Å². The van der Waals surface area contributed by atoms with Crippen LogP contribution in [0.15, 0.2) is 0 Å². The van der Waals surface area contributed by atoms with Crippen molar-refractivity contribution in [3.05, 3.63) is 0 Å². The molecule has 0 fully saturated rings. The number of aliphatic hydroxyl groups excluding tert-OH is 2. The highest BCUT2D eigenvalue weighted by Gasteiger charge is 2.06. The molecule has 2 N–H and O–H groups in total. The van der Waals surface area contributed by atoms with Crippen LogP contribution in [-0.2, 0) is 9.53 Å². The predicted molar refractivity (Wildman–Crippen MR) is 47.2 cm³/mol. The highest BCUT2D eigenvalue weighted by molar-refractivity contribution is 5.73. The van der Waals surface area contributed by atoms with Gasteiger partial charge in [-0.15, -0.1) is 0 Å². The maximum Gasteiger partial charge on any atom is 0.219 e. The highest BCUT2D eigenvalue weighted by Crippen LogP contribution is 1.89. The summed E-state index contributed by atoms with van der Waals surface area (Å²) in [5.74, 6) is -0.0818. The monoisotopic (exact) mass is 191 g/mol. The molecule has 0 aliphatic heterocycles. The Morgan fingerprint density at radius 2 is 1.92 bits per heavy atom. The van der Waals surface area contributed by atoms with Gasteiger partial charge in [-0.3, -0.25) is 4.79 Å². The Morgan fingerprint density at radius 1 is 1.23 bits per heavy atom. The van der Waals surface area contributed by atoms with E-state index >= 15 is 0 Å². The van der Waals surface area contributed by atoms with Crippen molar-refractivity contribution in [3.63, 3.8) is 0 Å². The van der Waals surface area contributed by atoms with E-state index < -0.39 is 0 Å². The number of ether oxygens (including phenoxy) is 1. The molecule has 0 aliphatic carbocycles. The number of amides is 1. The molecule has 0 aromatic heterocycles. The van der Waals surface area contributed by atoms with E-state index in [0.717, 1.165) is 0 Å². The van der Waals surface area contributed by atoms with Crippen LogP contribution in [0, 0.1) is 0 Å². The number of nitrogens with zero attached hydrogens (tertiary/aromatic N) is 1. The van der Waals surface area contributed by atoms with Crippen molar-refractivity contribution in [1.82, 2.24) is 4.90 Å². The van der Waals surface area contributed by atoms with Gasteiger partial charge >= 0.3 is 0 Å². The molecule has 0 rings (SSSR count). The Kier molecular flexibility index (Phi) is 7.57. The first-order valence-electron chi connectivity index (χ1n) is 4.27. The maximum atomic E-state index is 10.9. The molecule has 0 aliphatic rings. The molecule has 78 valence electrons. The molecule has 5 nitrogen and oxygen atoms in total. The lowest BCUT2D eigenvalue weighted by Gasteiger charge is -2.19. The zero-order chi connectivity index (χ0) is 10.1. The molecule has 0 unspecified atom stereocenters. The van der Waals surface area contributed by atoms with Crippen LogP contribution >= 0.6 is 0 Å². The fraction of sp³-hybridized carbons (Fsp3) is 0.875. The van der Waals surface area contributed by atoms with Crippen LogP contribution in [-0.4, -0.2) is 60.5 Å². The van der Waals surface area contributed by atoms with Crippen LogP contribution in [0.3, 0.4) is 0 Å². The SMILES string of the molecule is CC(=O)N(CCO)CCOCCO. The zero-order valence-corrected chi connectivity index (χ0v) is 7.90. The van der Waals surface area contributed by atoms with Gasteiger partial charge in [-0.1, -0.05) is 0 Å². The van der Waals surface area contributed by atoms with E-state index in [9.17, 15) is 4.79 Å². The number of hydrogen-bond donors (Lipinski definition) is 2. The Balaban J connectivity index is 3.51. The van der Waals surface area contributed by atoms with Crippen molar-refractivity contribution in [1.29, 1.82) is 0 Å². The largest absolute Gasteiger partial charge is 0.395 e. The number of hydrogen-bond acceptors (Lipinski definition) is 4. The third-order valence-corrected chi connectivity index (χ3v) is 1.56. The molecular formula is C8H17NO4. The molecule has 0 bridgehead atoms. The molecule has 0 atom stereocenters. The summed E-state index contributed by atoms with van der Waals surface area (Å²) in [5.41, 5.74) is 0. The van der Waals surface area contributed by atoms with Crippen molar-refractivity contribution >= 4 is 5.91 Å². The van der Waals surface area contributed by atoms with Gasteiger partial charge < -0.3 is 19.8 Å². The van der Waals surface area contributed by atoms with Crippen LogP contribution in [0.25, 0.3) is 0 Å². The molecule has 1 amide bonds. The third-order valence-electron chi connectivity index (χ3n) is 1.56. The van der Waals surface area contributed by atoms with Crippen LogP contribution in [0.5, 0.6) is 0 Å². The van der Waals surface area contributed by atoms with E-state index in [1.165, 1.54) is 11.8 Å². The second kappa shape index (κ2) is 7.97. The summed E-state index contributed by atoms with van der Waals surface area (Å²) < 4.78 is 4.98. The van der Waals surface area contributed by atoms with E-state index in [1.807, 2.05) is 0 Å². The third kappa shape index (κ3) is 6.51. The van der Waals surface area contributed by atoms with Gasteiger partial charge in [0, 0.05) is 20.0 Å². The first-order chi connectivity index (χ1) is 6.22. The lowest BCUT2D eigenvalue weighted by Crippen LogP contribution is -2.34. The summed E-state index contributed by atoms with van der Waals surface area (Å²) in [6.07, 6.45) is 0. The molecule has 0 radical (unpaired) electrons. The number of carbonyl (C=O) groups is 1. The number of aliphatic hydroxyl groups is 2. The van der Waals surface area contributed by atoms with Gasteiger partial charge in [0.2, 0.25) is 5.91 Å². The van der Waals surface area contributed by atoms with E-state index in [-0.39, 0.29) is 25.7 Å². The van der Waals surface area contributed by atoms with E-state index in [4.69, 9.17) is 14.9 Å². The predicted octanol–water partition coefficient (Wildman–Crippen LogP) is -1.16. The molecule has 0 saturated carbocycles. The van der Waals surface area contributed by atoms with Crippen molar-refractivity contribution in [2.24, 2.45) is 0 Å². The van der Waals surface area contributed by atoms with Crippen molar-refractivity contribution in [3.8, 4) is 0 Å². The van der Waals surface area contributed by atoms with Crippen molar-refractivity contribution < 1.29 is 19.7 Å². The molecule has 5 heteroatoms. The number of rotatable bonds is 7. The van der Waals surface area contributed by atoms with Crippen molar-refractivity contribution in [2.45, 2.75) is 6.92 Å². The first-order valence-corrected chi connectivity index (χ1v) is 4.27. The van der Waals surface area contributed by atoms with Gasteiger partial charge in [-0.2, -0.15) is 0 Å². The summed E-state index contributed by atoms with van der Waals surface area (Å²) in [5, 5.41) is 17.0. The smallest absolute Gasteiger partial charge is 0.219 e. The van der Waals surface area contributed by atoms with E-state index in [1.54, 1.807) is 0 Å². The molecule has 0 heterocycles. The molecular weight excluding hydrogens is 174 g/mol. The molecule has 0 saturated heterocycles. The second-order valence-corrected chi connectivity index (χ2v) is 2.57. The lowest BCUT2D eigenvalue weighted by molar-refractivity contribution is -0.130. The fourth-order valence-electron chi connectivity index (χ4n) is 0.889. The maximum absolute atomic E-state index is 10.9. The molecule has 13 heavy (non-hydrogen) atoms. The van der Waals surface area contributed by atoms with Crippen LogP contribution in [0.2, 0.25) is 0 Å². The standard InChI is InChI=1S/C8H17NO4/c1-8(12)9(2-4-10)3-6-13-7-5-11/h10-11H,2-7H2,1H3. The van der Waals surface area contributed by atoms with E-state index in [2.05, 4.69) is 0 Å². The summed E-state index contributed by atoms with van der Waals surface area (Å²) in [7, 11) is 0. The fourth-order valence-corrected chi connectivity index (χ4v) is 0.889. The minimum Gasteiger partial charge on any atom is -0.395 e. The summed E-state index contributed by atoms with van der Waals surface area (Å²) in [6.45, 7) is 2.85. The van der Waals surface area contributed by atoms with Gasteiger partial charge in [0.1, 0.15) is 0 Å². The highest BCUT2D eigenvalue weighted by atomic mass is 16.5. The molecule has 0 aromatic rings. The van der Waals surface area contributed by atoms with Gasteiger partial charge in [-0.25, -0.2) is 0 Å². The van der Waals surface area contributed by atoms with Gasteiger partial charge in [0.15, 0.2) is 0 Å². The van der Waals surface area contributed by atoms with Gasteiger partial charge in [0.05, 0.1) is 26.4 Å². The van der Waals surface area contributed by atoms with Crippen LogP contribution < -0.4 is 0 Å². The second-order valence-electron chi connectivity index (χ2n) is 2.57.